The largest absolute Gasteiger partial charge is 0.389 e. The third-order valence-electron chi connectivity index (χ3n) is 1.11. The van der Waals surface area contributed by atoms with Gasteiger partial charge in [0, 0.05) is 0 Å². The molecule has 0 saturated heterocycles. The number of nitrogens with one attached hydrogen (secondary N) is 2. The van der Waals surface area contributed by atoms with E-state index in [1.165, 1.54) is 0 Å². The van der Waals surface area contributed by atoms with E-state index in [4.69, 9.17) is 23.5 Å². The first kappa shape index (κ1) is 9.89. The molecular weight excluding hydrogens is 170 g/mol. The molecule has 4 nitrogen and oxygen atoms in total. The molecule has 0 atom stereocenters. The van der Waals surface area contributed by atoms with Crippen molar-refractivity contribution in [2.24, 2.45) is 0 Å². The standard InChI is InChI=1S/C5H3B3FN3O/c6-5(7,8)12-3-2(9)1-10-4(13)11-3/h1H,(H2,10,11,12,13). The molecule has 0 fully saturated rings. The smallest absolute Gasteiger partial charge is 0.346 e. The van der Waals surface area contributed by atoms with E-state index in [1.54, 1.807) is 0 Å². The lowest BCUT2D eigenvalue weighted by Crippen LogP contribution is -2.41. The quantitative estimate of drug-likeness (QED) is 0.531. The molecule has 0 bridgehead atoms. The Morgan fingerprint density at radius 1 is 1.54 bits per heavy atom. The van der Waals surface area contributed by atoms with Crippen molar-refractivity contribution >= 4 is 29.4 Å². The van der Waals surface area contributed by atoms with Gasteiger partial charge in [-0.15, -0.1) is 0 Å². The zero-order valence-corrected chi connectivity index (χ0v) is 6.54. The molecule has 0 aliphatic heterocycles. The molecule has 60 valence electrons. The Kier molecular flexibility index (Phi) is 2.49. The topological polar surface area (TPSA) is 57.8 Å². The van der Waals surface area contributed by atoms with Gasteiger partial charge in [0.25, 0.3) is 0 Å². The normalized spacial score (nSPS) is 11.2. The Morgan fingerprint density at radius 2 is 2.15 bits per heavy atom. The van der Waals surface area contributed by atoms with E-state index < -0.39 is 16.7 Å². The minimum absolute atomic E-state index is 0.299. The summed E-state index contributed by atoms with van der Waals surface area (Å²) in [7, 11) is 15.4. The fourth-order valence-corrected chi connectivity index (χ4v) is 0.686. The van der Waals surface area contributed by atoms with Gasteiger partial charge in [0.2, 0.25) is 0 Å². The third kappa shape index (κ3) is 2.97. The summed E-state index contributed by atoms with van der Waals surface area (Å²) in [5.74, 6) is -1.10. The number of halogens is 1. The van der Waals surface area contributed by atoms with Gasteiger partial charge in [-0.1, -0.05) is 5.24 Å². The van der Waals surface area contributed by atoms with Crippen LogP contribution in [0.4, 0.5) is 10.2 Å². The Morgan fingerprint density at radius 3 is 2.69 bits per heavy atom. The highest BCUT2D eigenvalue weighted by molar-refractivity contribution is 6.60. The maximum absolute atomic E-state index is 12.8. The predicted molar refractivity (Wildman–Crippen MR) is 48.4 cm³/mol. The minimum atomic E-state index is -1.80. The van der Waals surface area contributed by atoms with Crippen LogP contribution in [0.3, 0.4) is 0 Å². The lowest BCUT2D eigenvalue weighted by atomic mass is 9.49. The van der Waals surface area contributed by atoms with Crippen molar-refractivity contribution in [2.75, 3.05) is 5.32 Å². The Hall–Kier alpha value is -1.20. The molecule has 13 heavy (non-hydrogen) atoms. The first-order valence-corrected chi connectivity index (χ1v) is 3.28. The molecule has 8 heteroatoms. The Balaban J connectivity index is 3.01. The van der Waals surface area contributed by atoms with Crippen LogP contribution in [0.2, 0.25) is 0 Å². The first-order chi connectivity index (χ1) is 5.88. The molecule has 0 spiro atoms. The van der Waals surface area contributed by atoms with Gasteiger partial charge in [-0.25, -0.2) is 9.18 Å². The van der Waals surface area contributed by atoms with Crippen molar-refractivity contribution in [1.82, 2.24) is 9.97 Å². The van der Waals surface area contributed by atoms with Crippen LogP contribution in [0.1, 0.15) is 0 Å². The van der Waals surface area contributed by atoms with E-state index in [0.717, 1.165) is 6.20 Å². The fraction of sp³-hybridized carbons (Fsp3) is 0.200. The zero-order chi connectivity index (χ0) is 10.1. The van der Waals surface area contributed by atoms with Gasteiger partial charge in [-0.2, -0.15) is 4.98 Å². The van der Waals surface area contributed by atoms with E-state index >= 15 is 0 Å². The maximum Gasteiger partial charge on any atom is 0.346 e. The van der Waals surface area contributed by atoms with Crippen LogP contribution in [0.15, 0.2) is 11.0 Å². The lowest BCUT2D eigenvalue weighted by molar-refractivity contribution is 0.614. The Bertz CT molecular complexity index is 361. The molecule has 2 N–H and O–H groups in total. The average Bonchev–Trinajstić information content (AvgIpc) is 1.94. The number of aromatic amines is 1. The van der Waals surface area contributed by atoms with Gasteiger partial charge in [0.15, 0.2) is 5.82 Å². The van der Waals surface area contributed by atoms with Gasteiger partial charge in [-0.05, 0) is 0 Å². The van der Waals surface area contributed by atoms with E-state index in [1.807, 2.05) is 4.98 Å². The number of aromatic nitrogens is 2. The summed E-state index contributed by atoms with van der Waals surface area (Å²) in [6, 6.07) is 0. The Labute approximate surface area is 77.6 Å². The second-order valence-corrected chi connectivity index (χ2v) is 2.47. The van der Waals surface area contributed by atoms with Crippen LogP contribution in [0.5, 0.6) is 0 Å². The van der Waals surface area contributed by atoms with Crippen molar-refractivity contribution in [1.29, 1.82) is 0 Å². The van der Waals surface area contributed by atoms with Crippen molar-refractivity contribution in [3.8, 4) is 0 Å². The molecule has 1 aromatic heterocycles. The van der Waals surface area contributed by atoms with E-state index in [9.17, 15) is 9.18 Å². The van der Waals surface area contributed by atoms with Crippen LogP contribution in [0, 0.1) is 5.82 Å². The van der Waals surface area contributed by atoms with Gasteiger partial charge in [-0.3, -0.25) is 4.98 Å². The number of hydrogen-bond donors (Lipinski definition) is 2. The molecule has 0 unspecified atom stereocenters. The summed E-state index contributed by atoms with van der Waals surface area (Å²) in [5, 5.41) is 0.353. The fourth-order valence-electron chi connectivity index (χ4n) is 0.686. The van der Waals surface area contributed by atoms with Gasteiger partial charge in [0.05, 0.1) is 29.7 Å². The lowest BCUT2D eigenvalue weighted by Gasteiger charge is -2.23. The highest BCUT2D eigenvalue weighted by atomic mass is 19.1. The molecule has 1 aromatic rings. The number of rotatable bonds is 2. The van der Waals surface area contributed by atoms with Crippen molar-refractivity contribution in [3.05, 3.63) is 22.5 Å². The second-order valence-electron chi connectivity index (χ2n) is 2.47. The molecule has 1 rings (SSSR count). The monoisotopic (exact) mass is 173 g/mol. The second kappa shape index (κ2) is 3.28. The number of H-pyrrole nitrogens is 1. The van der Waals surface area contributed by atoms with E-state index in [0.29, 0.717) is 0 Å². The van der Waals surface area contributed by atoms with Crippen molar-refractivity contribution in [3.63, 3.8) is 0 Å². The number of hydrogen-bond acceptors (Lipinski definition) is 3. The van der Waals surface area contributed by atoms with Gasteiger partial charge in [0.1, 0.15) is 5.82 Å². The molecular formula is C5H3B3FN3O. The van der Waals surface area contributed by atoms with Crippen LogP contribution in [-0.2, 0) is 0 Å². The van der Waals surface area contributed by atoms with Gasteiger partial charge < -0.3 is 5.32 Å². The van der Waals surface area contributed by atoms with E-state index in [-0.39, 0.29) is 5.82 Å². The summed E-state index contributed by atoms with van der Waals surface area (Å²) >= 11 is 0. The zero-order valence-electron chi connectivity index (χ0n) is 6.54. The van der Waals surface area contributed by atoms with Crippen LogP contribution in [-0.4, -0.2) is 38.7 Å². The molecule has 6 radical (unpaired) electrons. The maximum atomic E-state index is 12.8. The number of nitrogens with zero attached hydrogens (tertiary/aromatic N) is 1. The summed E-state index contributed by atoms with van der Waals surface area (Å²) in [4.78, 5) is 15.8. The third-order valence-corrected chi connectivity index (χ3v) is 1.11. The van der Waals surface area contributed by atoms with Gasteiger partial charge >= 0.3 is 5.69 Å². The minimum Gasteiger partial charge on any atom is -0.389 e. The van der Waals surface area contributed by atoms with Crippen LogP contribution < -0.4 is 11.0 Å². The van der Waals surface area contributed by atoms with Crippen LogP contribution >= 0.6 is 0 Å². The van der Waals surface area contributed by atoms with Crippen LogP contribution in [0.25, 0.3) is 0 Å². The summed E-state index contributed by atoms with van der Waals surface area (Å²) in [6.45, 7) is 0. The molecule has 0 saturated carbocycles. The summed E-state index contributed by atoms with van der Waals surface area (Å²) in [6.07, 6.45) is 0.729. The van der Waals surface area contributed by atoms with E-state index in [2.05, 4.69) is 10.3 Å². The highest BCUT2D eigenvalue weighted by Gasteiger charge is 2.12. The highest BCUT2D eigenvalue weighted by Crippen LogP contribution is 2.07. The molecule has 0 amide bonds. The average molecular weight is 173 g/mol. The molecule has 0 aliphatic carbocycles. The summed E-state index contributed by atoms with van der Waals surface area (Å²) < 4.78 is 12.8. The molecule has 0 aromatic carbocycles. The van der Waals surface area contributed by atoms with Crippen molar-refractivity contribution in [2.45, 2.75) is 5.24 Å². The number of anilines is 1. The SMILES string of the molecule is [B]C([B])([B])Nc1[nH]c(=O)ncc1F. The molecule has 1 heterocycles. The first-order valence-electron chi connectivity index (χ1n) is 3.28. The molecule has 0 aliphatic rings. The van der Waals surface area contributed by atoms with Crippen molar-refractivity contribution < 1.29 is 4.39 Å². The predicted octanol–water partition coefficient (Wildman–Crippen LogP) is -1.56. The summed E-state index contributed by atoms with van der Waals surface area (Å²) in [5.41, 5.74) is -0.729.